The van der Waals surface area contributed by atoms with Crippen LogP contribution >= 0.6 is 0 Å². The predicted octanol–water partition coefficient (Wildman–Crippen LogP) is 2.30. The Morgan fingerprint density at radius 1 is 1.00 bits per heavy atom. The van der Waals surface area contributed by atoms with Crippen LogP contribution in [0.4, 0.5) is 11.9 Å². The first-order chi connectivity index (χ1) is 11.0. The zero-order valence-corrected chi connectivity index (χ0v) is 14.3. The highest BCUT2D eigenvalue weighted by molar-refractivity contribution is 5.35. The van der Waals surface area contributed by atoms with Gasteiger partial charge in [0.05, 0.1) is 0 Å². The Labute approximate surface area is 137 Å². The van der Waals surface area contributed by atoms with Crippen molar-refractivity contribution in [3.05, 3.63) is 35.4 Å². The van der Waals surface area contributed by atoms with Crippen molar-refractivity contribution >= 4 is 11.9 Å². The predicted molar refractivity (Wildman–Crippen MR) is 91.9 cm³/mol. The summed E-state index contributed by atoms with van der Waals surface area (Å²) in [6, 6.07) is 2.47. The van der Waals surface area contributed by atoms with E-state index in [-0.39, 0.29) is 0 Å². The average Bonchev–Trinajstić information content (AvgIpc) is 2.54. The van der Waals surface area contributed by atoms with Gasteiger partial charge in [-0.05, 0) is 45.2 Å². The van der Waals surface area contributed by atoms with Gasteiger partial charge < -0.3 is 9.80 Å². The third-order valence-electron chi connectivity index (χ3n) is 4.35. The fourth-order valence-electron chi connectivity index (χ4n) is 3.03. The van der Waals surface area contributed by atoms with Crippen molar-refractivity contribution in [3.63, 3.8) is 0 Å². The fourth-order valence-corrected chi connectivity index (χ4v) is 3.03. The van der Waals surface area contributed by atoms with Gasteiger partial charge in [0.15, 0.2) is 0 Å². The van der Waals surface area contributed by atoms with Crippen molar-refractivity contribution in [2.75, 3.05) is 29.9 Å². The molecule has 1 aliphatic rings. The Morgan fingerprint density at radius 2 is 1.57 bits per heavy atom. The van der Waals surface area contributed by atoms with Crippen LogP contribution in [0.1, 0.15) is 29.8 Å². The first kappa shape index (κ1) is 15.6. The summed E-state index contributed by atoms with van der Waals surface area (Å²) in [6.07, 6.45) is 5.86. The Hall–Kier alpha value is -2.24. The molecule has 6 nitrogen and oxygen atoms in total. The lowest BCUT2D eigenvalue weighted by molar-refractivity contribution is 0.472. The molecule has 2 aromatic heterocycles. The van der Waals surface area contributed by atoms with Gasteiger partial charge in [0.2, 0.25) is 11.9 Å². The number of hydrogen-bond acceptors (Lipinski definition) is 6. The molecule has 0 N–H and O–H groups in total. The van der Waals surface area contributed by atoms with Crippen LogP contribution < -0.4 is 9.80 Å². The molecule has 0 spiro atoms. The lowest BCUT2D eigenvalue weighted by Gasteiger charge is -2.36. The molecule has 2 aromatic rings. The molecule has 1 aliphatic heterocycles. The zero-order chi connectivity index (χ0) is 16.4. The third-order valence-corrected chi connectivity index (χ3v) is 4.35. The number of hydrogen-bond donors (Lipinski definition) is 0. The summed E-state index contributed by atoms with van der Waals surface area (Å²) in [5, 5.41) is 0. The first-order valence-electron chi connectivity index (χ1n) is 8.11. The van der Waals surface area contributed by atoms with Crippen LogP contribution in [0, 0.1) is 20.8 Å². The summed E-state index contributed by atoms with van der Waals surface area (Å²) in [5.41, 5.74) is 3.14. The zero-order valence-electron chi connectivity index (χ0n) is 14.3. The van der Waals surface area contributed by atoms with Crippen molar-refractivity contribution in [1.29, 1.82) is 0 Å². The van der Waals surface area contributed by atoms with E-state index in [4.69, 9.17) is 0 Å². The van der Waals surface area contributed by atoms with E-state index in [1.807, 2.05) is 39.2 Å². The summed E-state index contributed by atoms with van der Waals surface area (Å²) < 4.78 is 0. The lowest BCUT2D eigenvalue weighted by atomic mass is 10.0. The van der Waals surface area contributed by atoms with Gasteiger partial charge in [-0.1, -0.05) is 0 Å². The normalized spacial score (nSPS) is 15.7. The van der Waals surface area contributed by atoms with Crippen LogP contribution in [0.25, 0.3) is 0 Å². The molecular weight excluding hydrogens is 288 g/mol. The van der Waals surface area contributed by atoms with Crippen LogP contribution in [0.5, 0.6) is 0 Å². The van der Waals surface area contributed by atoms with Crippen LogP contribution in [-0.2, 0) is 0 Å². The van der Waals surface area contributed by atoms with Crippen molar-refractivity contribution in [3.8, 4) is 0 Å². The van der Waals surface area contributed by atoms with Crippen molar-refractivity contribution in [2.24, 2.45) is 0 Å². The number of aromatic nitrogens is 4. The molecule has 1 fully saturated rings. The molecule has 0 saturated carbocycles. The van der Waals surface area contributed by atoms with Crippen molar-refractivity contribution in [1.82, 2.24) is 19.9 Å². The number of anilines is 2. The molecule has 0 aromatic carbocycles. The van der Waals surface area contributed by atoms with Crippen LogP contribution in [-0.4, -0.2) is 46.1 Å². The minimum Gasteiger partial charge on any atom is -0.341 e. The minimum atomic E-state index is 0.458. The molecule has 3 heterocycles. The second kappa shape index (κ2) is 6.48. The van der Waals surface area contributed by atoms with Gasteiger partial charge in [0, 0.05) is 50.0 Å². The standard InChI is InChI=1S/C17H24N6/c1-12-10-18-16(19-11-12)22(4)15-5-7-23(8-6-15)17-20-13(2)9-14(3)21-17/h9-11,15H,5-8H2,1-4H3. The Bertz CT molecular complexity index is 641. The fraction of sp³-hybridized carbons (Fsp3) is 0.529. The summed E-state index contributed by atoms with van der Waals surface area (Å²) in [6.45, 7) is 7.97. The minimum absolute atomic E-state index is 0.458. The molecule has 0 aliphatic carbocycles. The van der Waals surface area contributed by atoms with E-state index in [2.05, 4.69) is 36.8 Å². The molecule has 122 valence electrons. The molecule has 0 bridgehead atoms. The van der Waals surface area contributed by atoms with Gasteiger partial charge in [-0.3, -0.25) is 0 Å². The summed E-state index contributed by atoms with van der Waals surface area (Å²) >= 11 is 0. The van der Waals surface area contributed by atoms with Gasteiger partial charge in [-0.2, -0.15) is 0 Å². The molecule has 3 rings (SSSR count). The van der Waals surface area contributed by atoms with E-state index in [1.54, 1.807) is 0 Å². The maximum absolute atomic E-state index is 4.57. The second-order valence-electron chi connectivity index (χ2n) is 6.34. The molecule has 6 heteroatoms. The monoisotopic (exact) mass is 312 g/mol. The van der Waals surface area contributed by atoms with Crippen molar-refractivity contribution < 1.29 is 0 Å². The quantitative estimate of drug-likeness (QED) is 0.867. The second-order valence-corrected chi connectivity index (χ2v) is 6.34. The average molecular weight is 312 g/mol. The molecule has 23 heavy (non-hydrogen) atoms. The smallest absolute Gasteiger partial charge is 0.225 e. The lowest BCUT2D eigenvalue weighted by Crippen LogP contribution is -2.44. The number of piperidine rings is 1. The maximum atomic E-state index is 4.57. The molecule has 0 amide bonds. The van der Waals surface area contributed by atoms with E-state index in [1.165, 1.54) is 0 Å². The largest absolute Gasteiger partial charge is 0.341 e. The van der Waals surface area contributed by atoms with Gasteiger partial charge in [0.25, 0.3) is 0 Å². The third kappa shape index (κ3) is 3.57. The SMILES string of the molecule is Cc1cnc(N(C)C2CCN(c3nc(C)cc(C)n3)CC2)nc1. The Morgan fingerprint density at radius 3 is 2.13 bits per heavy atom. The van der Waals surface area contributed by atoms with Crippen LogP contribution in [0.3, 0.4) is 0 Å². The summed E-state index contributed by atoms with van der Waals surface area (Å²) in [4.78, 5) is 22.5. The van der Waals surface area contributed by atoms with E-state index >= 15 is 0 Å². The molecule has 0 unspecified atom stereocenters. The van der Waals surface area contributed by atoms with Gasteiger partial charge >= 0.3 is 0 Å². The van der Waals surface area contributed by atoms with Gasteiger partial charge in [-0.15, -0.1) is 0 Å². The van der Waals surface area contributed by atoms with E-state index in [9.17, 15) is 0 Å². The highest BCUT2D eigenvalue weighted by Crippen LogP contribution is 2.22. The van der Waals surface area contributed by atoms with Gasteiger partial charge in [0.1, 0.15) is 0 Å². The molecular formula is C17H24N6. The summed E-state index contributed by atoms with van der Waals surface area (Å²) in [5.74, 6) is 1.66. The maximum Gasteiger partial charge on any atom is 0.225 e. The summed E-state index contributed by atoms with van der Waals surface area (Å²) in [7, 11) is 2.08. The van der Waals surface area contributed by atoms with E-state index in [0.717, 1.165) is 54.8 Å². The Kier molecular flexibility index (Phi) is 4.41. The highest BCUT2D eigenvalue weighted by Gasteiger charge is 2.25. The highest BCUT2D eigenvalue weighted by atomic mass is 15.3. The van der Waals surface area contributed by atoms with Crippen LogP contribution in [0.2, 0.25) is 0 Å². The van der Waals surface area contributed by atoms with E-state index in [0.29, 0.717) is 6.04 Å². The van der Waals surface area contributed by atoms with Crippen molar-refractivity contribution in [2.45, 2.75) is 39.7 Å². The molecule has 1 saturated heterocycles. The van der Waals surface area contributed by atoms with E-state index < -0.39 is 0 Å². The molecule has 0 atom stereocenters. The van der Waals surface area contributed by atoms with Crippen LogP contribution in [0.15, 0.2) is 18.5 Å². The van der Waals surface area contributed by atoms with Gasteiger partial charge in [-0.25, -0.2) is 19.9 Å². The number of aryl methyl sites for hydroxylation is 3. The number of rotatable bonds is 3. The Balaban J connectivity index is 1.64. The molecule has 0 radical (unpaired) electrons. The topological polar surface area (TPSA) is 58.0 Å². The first-order valence-corrected chi connectivity index (χ1v) is 8.11. The number of nitrogens with zero attached hydrogens (tertiary/aromatic N) is 6.